The Bertz CT molecular complexity index is 654. The van der Waals surface area contributed by atoms with Gasteiger partial charge in [-0.15, -0.1) is 0 Å². The number of rotatable bonds is 3. The van der Waals surface area contributed by atoms with E-state index in [1.54, 1.807) is 21.9 Å². The van der Waals surface area contributed by atoms with E-state index in [-0.39, 0.29) is 12.0 Å². The van der Waals surface area contributed by atoms with Crippen LogP contribution in [-0.2, 0) is 4.74 Å². The predicted molar refractivity (Wildman–Crippen MR) is 103 cm³/mol. The summed E-state index contributed by atoms with van der Waals surface area (Å²) < 4.78 is 5.41. The van der Waals surface area contributed by atoms with E-state index in [0.717, 1.165) is 18.8 Å². The van der Waals surface area contributed by atoms with Crippen molar-refractivity contribution in [3.8, 4) is 0 Å². The molecule has 1 aromatic rings. The van der Waals surface area contributed by atoms with Gasteiger partial charge in [0.05, 0.1) is 6.34 Å². The minimum Gasteiger partial charge on any atom is -0.444 e. The quantitative estimate of drug-likeness (QED) is 0.612. The maximum atomic E-state index is 12.1. The molecular formula is C19H28N4O3. The predicted octanol–water partition coefficient (Wildman–Crippen LogP) is 2.47. The summed E-state index contributed by atoms with van der Waals surface area (Å²) in [6, 6.07) is 7.40. The van der Waals surface area contributed by atoms with Gasteiger partial charge in [0.1, 0.15) is 5.60 Å². The number of aliphatic imine (C=N–C) groups is 1. The summed E-state index contributed by atoms with van der Waals surface area (Å²) in [7, 11) is 3.63. The molecule has 0 bridgehead atoms. The van der Waals surface area contributed by atoms with E-state index in [2.05, 4.69) is 9.89 Å². The zero-order valence-electron chi connectivity index (χ0n) is 16.2. The Balaban J connectivity index is 1.91. The maximum absolute atomic E-state index is 12.1. The lowest BCUT2D eigenvalue weighted by Gasteiger charge is -2.36. The van der Waals surface area contributed by atoms with Gasteiger partial charge in [-0.25, -0.2) is 4.79 Å². The Morgan fingerprint density at radius 3 is 2.15 bits per heavy atom. The smallest absolute Gasteiger partial charge is 0.410 e. The Hall–Kier alpha value is -2.57. The third kappa shape index (κ3) is 5.75. The fraction of sp³-hybridized carbons (Fsp3) is 0.526. The lowest BCUT2D eigenvalue weighted by molar-refractivity contribution is 0.0240. The lowest BCUT2D eigenvalue weighted by Crippen LogP contribution is -2.50. The highest BCUT2D eigenvalue weighted by molar-refractivity contribution is 5.98. The molecule has 0 radical (unpaired) electrons. The van der Waals surface area contributed by atoms with Crippen molar-refractivity contribution < 1.29 is 14.3 Å². The van der Waals surface area contributed by atoms with E-state index < -0.39 is 5.60 Å². The third-order valence-electron chi connectivity index (χ3n) is 3.82. The van der Waals surface area contributed by atoms with Crippen molar-refractivity contribution in [2.45, 2.75) is 26.4 Å². The van der Waals surface area contributed by atoms with E-state index in [0.29, 0.717) is 18.7 Å². The van der Waals surface area contributed by atoms with Crippen LogP contribution in [0.3, 0.4) is 0 Å². The molecule has 2 amide bonds. The summed E-state index contributed by atoms with van der Waals surface area (Å²) in [5.41, 5.74) is 1.10. The number of amides is 2. The molecule has 1 saturated heterocycles. The van der Waals surface area contributed by atoms with Crippen LogP contribution < -0.4 is 4.90 Å². The molecule has 2 rings (SSSR count). The number of carbonyl (C=O) groups is 2. The second-order valence-corrected chi connectivity index (χ2v) is 7.51. The normalized spacial score (nSPS) is 15.3. The van der Waals surface area contributed by atoms with Gasteiger partial charge in [-0.3, -0.25) is 4.79 Å². The standard InChI is InChI=1S/C19H28N4O3/c1-19(2,3)26-18(25)23-12-10-22(11-13-23)16-8-6-15(7-9-16)17(24)20-14-21(4)5/h6-9,14H,10-13H2,1-5H3/b20-14-. The molecule has 0 atom stereocenters. The van der Waals surface area contributed by atoms with E-state index in [4.69, 9.17) is 4.74 Å². The van der Waals surface area contributed by atoms with Gasteiger partial charge in [-0.05, 0) is 45.0 Å². The van der Waals surface area contributed by atoms with E-state index in [1.165, 1.54) is 6.34 Å². The van der Waals surface area contributed by atoms with Gasteiger partial charge in [0.15, 0.2) is 0 Å². The summed E-state index contributed by atoms with van der Waals surface area (Å²) in [5.74, 6) is -0.264. The molecule has 1 fully saturated rings. The van der Waals surface area contributed by atoms with E-state index >= 15 is 0 Å². The van der Waals surface area contributed by atoms with Crippen molar-refractivity contribution in [1.82, 2.24) is 9.80 Å². The van der Waals surface area contributed by atoms with Crippen LogP contribution in [0.4, 0.5) is 10.5 Å². The molecule has 7 nitrogen and oxygen atoms in total. The molecule has 1 heterocycles. The zero-order chi connectivity index (χ0) is 19.3. The molecule has 7 heteroatoms. The van der Waals surface area contributed by atoms with Crippen molar-refractivity contribution in [2.75, 3.05) is 45.2 Å². The number of piperazine rings is 1. The molecule has 26 heavy (non-hydrogen) atoms. The fourth-order valence-corrected chi connectivity index (χ4v) is 2.53. The van der Waals surface area contributed by atoms with Crippen LogP contribution in [0.25, 0.3) is 0 Å². The number of hydrogen-bond donors (Lipinski definition) is 0. The molecule has 1 aliphatic heterocycles. The zero-order valence-corrected chi connectivity index (χ0v) is 16.2. The molecule has 0 N–H and O–H groups in total. The Labute approximate surface area is 155 Å². The highest BCUT2D eigenvalue weighted by Crippen LogP contribution is 2.19. The highest BCUT2D eigenvalue weighted by atomic mass is 16.6. The summed E-state index contributed by atoms with van der Waals surface area (Å²) >= 11 is 0. The van der Waals surface area contributed by atoms with Crippen LogP contribution in [0.1, 0.15) is 31.1 Å². The summed E-state index contributed by atoms with van der Waals surface area (Å²) in [4.78, 5) is 33.6. The highest BCUT2D eigenvalue weighted by Gasteiger charge is 2.25. The summed E-state index contributed by atoms with van der Waals surface area (Å²) in [6.07, 6.45) is 1.23. The van der Waals surface area contributed by atoms with Gasteiger partial charge in [-0.1, -0.05) is 0 Å². The van der Waals surface area contributed by atoms with Gasteiger partial charge < -0.3 is 19.4 Å². The summed E-state index contributed by atoms with van der Waals surface area (Å²) in [6.45, 7) is 8.29. The number of anilines is 1. The van der Waals surface area contributed by atoms with Crippen LogP contribution in [0.15, 0.2) is 29.3 Å². The molecule has 0 unspecified atom stereocenters. The molecular weight excluding hydrogens is 332 g/mol. The molecule has 0 saturated carbocycles. The molecule has 142 valence electrons. The molecule has 0 aromatic heterocycles. The van der Waals surface area contributed by atoms with Crippen molar-refractivity contribution in [1.29, 1.82) is 0 Å². The summed E-state index contributed by atoms with van der Waals surface area (Å²) in [5, 5.41) is 0. The van der Waals surface area contributed by atoms with E-state index in [9.17, 15) is 9.59 Å². The number of carbonyl (C=O) groups excluding carboxylic acids is 2. The van der Waals surface area contributed by atoms with Gasteiger partial charge in [0.25, 0.3) is 5.91 Å². The van der Waals surface area contributed by atoms with Crippen LogP contribution in [-0.4, -0.2) is 74.0 Å². The SMILES string of the molecule is CN(C)/C=N\C(=O)c1ccc(N2CCN(C(=O)OC(C)(C)C)CC2)cc1. The topological polar surface area (TPSA) is 65.5 Å². The molecule has 1 aromatic carbocycles. The van der Waals surface area contributed by atoms with Gasteiger partial charge in [0, 0.05) is 51.5 Å². The van der Waals surface area contributed by atoms with Gasteiger partial charge in [-0.2, -0.15) is 4.99 Å². The number of hydrogen-bond acceptors (Lipinski definition) is 4. The first kappa shape index (κ1) is 19.8. The molecule has 1 aliphatic rings. The first-order valence-electron chi connectivity index (χ1n) is 8.73. The minimum atomic E-state index is -0.481. The van der Waals surface area contributed by atoms with E-state index in [1.807, 2.05) is 47.0 Å². The second kappa shape index (κ2) is 8.21. The Kier molecular flexibility index (Phi) is 6.23. The van der Waals surface area contributed by atoms with Crippen LogP contribution in [0, 0.1) is 0 Å². The van der Waals surface area contributed by atoms with Crippen molar-refractivity contribution >= 4 is 24.0 Å². The second-order valence-electron chi connectivity index (χ2n) is 7.51. The molecule has 0 aliphatic carbocycles. The average Bonchev–Trinajstić information content (AvgIpc) is 2.58. The number of benzene rings is 1. The monoisotopic (exact) mass is 360 g/mol. The number of nitrogens with zero attached hydrogens (tertiary/aromatic N) is 4. The van der Waals surface area contributed by atoms with Crippen LogP contribution in [0.2, 0.25) is 0 Å². The van der Waals surface area contributed by atoms with Crippen LogP contribution in [0.5, 0.6) is 0 Å². The molecule has 0 spiro atoms. The largest absolute Gasteiger partial charge is 0.444 e. The minimum absolute atomic E-state index is 0.264. The third-order valence-corrected chi connectivity index (χ3v) is 3.82. The average molecular weight is 360 g/mol. The number of ether oxygens (including phenoxy) is 1. The van der Waals surface area contributed by atoms with Crippen molar-refractivity contribution in [3.05, 3.63) is 29.8 Å². The van der Waals surface area contributed by atoms with Gasteiger partial charge >= 0.3 is 6.09 Å². The lowest BCUT2D eigenvalue weighted by atomic mass is 10.1. The van der Waals surface area contributed by atoms with Crippen LogP contribution >= 0.6 is 0 Å². The van der Waals surface area contributed by atoms with Gasteiger partial charge in [0.2, 0.25) is 0 Å². The van der Waals surface area contributed by atoms with Crippen molar-refractivity contribution in [3.63, 3.8) is 0 Å². The Morgan fingerprint density at radius 2 is 1.65 bits per heavy atom. The van der Waals surface area contributed by atoms with Crippen molar-refractivity contribution in [2.24, 2.45) is 4.99 Å². The Morgan fingerprint density at radius 1 is 1.08 bits per heavy atom. The fourth-order valence-electron chi connectivity index (χ4n) is 2.53. The maximum Gasteiger partial charge on any atom is 0.410 e. The first-order valence-corrected chi connectivity index (χ1v) is 8.73. The first-order chi connectivity index (χ1) is 12.2.